The summed E-state index contributed by atoms with van der Waals surface area (Å²) in [6, 6.07) is 0. The highest BCUT2D eigenvalue weighted by Gasteiger charge is 2.88. The van der Waals surface area contributed by atoms with E-state index < -0.39 is 5.41 Å². The molecule has 3 heteroatoms. The fraction of sp³-hybridized carbons (Fsp3) is 0.895. The first-order valence-electron chi connectivity index (χ1n) is 9.08. The predicted molar refractivity (Wildman–Crippen MR) is 79.0 cm³/mol. The number of ether oxygens (including phenoxy) is 1. The van der Waals surface area contributed by atoms with E-state index in [1.54, 1.807) is 0 Å². The van der Waals surface area contributed by atoms with E-state index in [0.717, 1.165) is 32.1 Å². The van der Waals surface area contributed by atoms with Gasteiger partial charge in [-0.3, -0.25) is 9.59 Å². The zero-order chi connectivity index (χ0) is 15.3. The number of rotatable bonds is 0. The van der Waals surface area contributed by atoms with Crippen molar-refractivity contribution in [2.45, 2.75) is 64.6 Å². The quantitative estimate of drug-likeness (QED) is 0.510. The molecule has 0 aromatic heterocycles. The molecule has 0 N–H and O–H groups in total. The van der Waals surface area contributed by atoms with Crippen LogP contribution in [0.4, 0.5) is 0 Å². The Morgan fingerprint density at radius 2 is 1.82 bits per heavy atom. The number of hydrogen-bond donors (Lipinski definition) is 0. The van der Waals surface area contributed by atoms with Crippen molar-refractivity contribution in [1.29, 1.82) is 0 Å². The van der Waals surface area contributed by atoms with Crippen LogP contribution in [0.1, 0.15) is 52.9 Å². The second-order valence-corrected chi connectivity index (χ2v) is 9.75. The summed E-state index contributed by atoms with van der Waals surface area (Å²) in [5.41, 5.74) is -0.708. The average molecular weight is 300 g/mol. The van der Waals surface area contributed by atoms with Crippen molar-refractivity contribution in [3.05, 3.63) is 0 Å². The normalized spacial score (nSPS) is 69.9. The number of carbonyl (C=O) groups excluding carboxylic acids is 2. The van der Waals surface area contributed by atoms with Crippen LogP contribution in [0.5, 0.6) is 0 Å². The Morgan fingerprint density at radius 1 is 1.05 bits per heavy atom. The zero-order valence-corrected chi connectivity index (χ0v) is 13.6. The summed E-state index contributed by atoms with van der Waals surface area (Å²) in [6.07, 6.45) is 5.62. The van der Waals surface area contributed by atoms with Crippen LogP contribution >= 0.6 is 0 Å². The summed E-state index contributed by atoms with van der Waals surface area (Å²) in [7, 11) is 0. The Kier molecular flexibility index (Phi) is 1.72. The van der Waals surface area contributed by atoms with Gasteiger partial charge in [0.1, 0.15) is 0 Å². The molecule has 0 aromatic rings. The summed E-state index contributed by atoms with van der Waals surface area (Å²) in [4.78, 5) is 26.3. The maximum Gasteiger partial charge on any atom is 0.153 e. The SMILES string of the molecule is CC12O[C@H]1CC[C@]1(C)[C@@H]2CC[C@@]23C(=O)C4[C@@H](C[C@H]21)[C@@]4(C)C3=O. The molecule has 4 bridgehead atoms. The molecule has 7 rings (SSSR count). The van der Waals surface area contributed by atoms with E-state index in [0.29, 0.717) is 29.5 Å². The van der Waals surface area contributed by atoms with Crippen LogP contribution in [-0.2, 0) is 14.3 Å². The van der Waals surface area contributed by atoms with E-state index in [1.165, 1.54) is 0 Å². The molecule has 1 spiro atoms. The number of ketones is 2. The molecule has 22 heavy (non-hydrogen) atoms. The van der Waals surface area contributed by atoms with Gasteiger partial charge in [0.25, 0.3) is 0 Å². The maximum atomic E-state index is 13.2. The van der Waals surface area contributed by atoms with Gasteiger partial charge >= 0.3 is 0 Å². The largest absolute Gasteiger partial charge is 0.366 e. The van der Waals surface area contributed by atoms with E-state index >= 15 is 0 Å². The summed E-state index contributed by atoms with van der Waals surface area (Å²) in [6.45, 7) is 6.73. The van der Waals surface area contributed by atoms with Gasteiger partial charge < -0.3 is 4.74 Å². The fourth-order valence-corrected chi connectivity index (χ4v) is 8.25. The van der Waals surface area contributed by atoms with Crippen LogP contribution in [0, 0.1) is 39.9 Å². The van der Waals surface area contributed by atoms with Crippen molar-refractivity contribution >= 4 is 11.6 Å². The van der Waals surface area contributed by atoms with Crippen LogP contribution < -0.4 is 0 Å². The lowest BCUT2D eigenvalue weighted by Crippen LogP contribution is -2.63. The fourth-order valence-electron chi connectivity index (χ4n) is 8.25. The summed E-state index contributed by atoms with van der Waals surface area (Å²) in [5, 5.41) is 0. The van der Waals surface area contributed by atoms with Gasteiger partial charge in [-0.1, -0.05) is 13.8 Å². The van der Waals surface area contributed by atoms with Crippen molar-refractivity contribution in [3.63, 3.8) is 0 Å². The topological polar surface area (TPSA) is 46.7 Å². The predicted octanol–water partition coefficient (Wildman–Crippen LogP) is 2.76. The first kappa shape index (κ1) is 12.7. The van der Waals surface area contributed by atoms with Crippen LogP contribution in [0.3, 0.4) is 0 Å². The Hall–Kier alpha value is -0.700. The molecule has 1 heterocycles. The number of hydrogen-bond acceptors (Lipinski definition) is 3. The molecule has 9 atom stereocenters. The lowest BCUT2D eigenvalue weighted by molar-refractivity contribution is -0.171. The standard InChI is InChI=1S/C19H24O3/c1-16-6-5-12-18(3,22-12)10(16)4-7-19-11(16)8-9-13(14(19)20)17(9,2)15(19)21/h9-13H,4-8H2,1-3H3/t9-,10+,11+,12+,13?,16-,17-,18?,19+/m1/s1. The van der Waals surface area contributed by atoms with E-state index in [1.807, 2.05) is 0 Å². The molecule has 3 nitrogen and oxygen atoms in total. The van der Waals surface area contributed by atoms with Crippen LogP contribution in [0.15, 0.2) is 0 Å². The Morgan fingerprint density at radius 3 is 2.50 bits per heavy atom. The molecule has 6 saturated carbocycles. The van der Waals surface area contributed by atoms with Gasteiger partial charge in [-0.15, -0.1) is 0 Å². The molecule has 0 aromatic carbocycles. The molecule has 0 radical (unpaired) electrons. The van der Waals surface area contributed by atoms with E-state index in [-0.39, 0.29) is 28.3 Å². The first-order valence-corrected chi connectivity index (χ1v) is 9.08. The highest BCUT2D eigenvalue weighted by molar-refractivity contribution is 6.22. The van der Waals surface area contributed by atoms with Crippen molar-refractivity contribution in [1.82, 2.24) is 0 Å². The third-order valence-corrected chi connectivity index (χ3v) is 9.45. The van der Waals surface area contributed by atoms with E-state index in [2.05, 4.69) is 20.8 Å². The van der Waals surface area contributed by atoms with Gasteiger partial charge in [0.05, 0.1) is 17.1 Å². The van der Waals surface area contributed by atoms with Gasteiger partial charge in [-0.05, 0) is 62.2 Å². The van der Waals surface area contributed by atoms with Crippen molar-refractivity contribution in [2.24, 2.45) is 39.9 Å². The summed E-state index contributed by atoms with van der Waals surface area (Å²) in [5.74, 6) is 1.95. The van der Waals surface area contributed by atoms with Crippen LogP contribution in [-0.4, -0.2) is 23.3 Å². The highest BCUT2D eigenvalue weighted by Crippen LogP contribution is 2.82. The number of carbonyl (C=O) groups is 2. The minimum absolute atomic E-state index is 0.0359. The maximum absolute atomic E-state index is 13.2. The molecule has 7 aliphatic rings. The average Bonchev–Trinajstić information content (AvgIpc) is 3.31. The number of epoxide rings is 1. The number of Topliss-reactive ketones (excluding diaryl/α,β-unsaturated/α-hetero) is 2. The van der Waals surface area contributed by atoms with Crippen LogP contribution in [0.25, 0.3) is 0 Å². The molecular formula is C19H24O3. The van der Waals surface area contributed by atoms with E-state index in [9.17, 15) is 9.59 Å². The Bertz CT molecular complexity index is 670. The Balaban J connectivity index is 1.52. The smallest absolute Gasteiger partial charge is 0.153 e. The van der Waals surface area contributed by atoms with Gasteiger partial charge in [0.15, 0.2) is 11.6 Å². The minimum Gasteiger partial charge on any atom is -0.366 e. The first-order chi connectivity index (χ1) is 10.3. The molecule has 7 fully saturated rings. The second kappa shape index (κ2) is 2.99. The Labute approximate surface area is 131 Å². The molecule has 1 saturated heterocycles. The van der Waals surface area contributed by atoms with Gasteiger partial charge in [0.2, 0.25) is 0 Å². The summed E-state index contributed by atoms with van der Waals surface area (Å²) >= 11 is 0. The van der Waals surface area contributed by atoms with Gasteiger partial charge in [0, 0.05) is 11.3 Å². The number of fused-ring (bicyclic) bond motifs is 3. The molecule has 0 amide bonds. The highest BCUT2D eigenvalue weighted by atomic mass is 16.6. The third-order valence-electron chi connectivity index (χ3n) is 9.45. The molecule has 6 aliphatic carbocycles. The van der Waals surface area contributed by atoms with E-state index in [4.69, 9.17) is 4.74 Å². The van der Waals surface area contributed by atoms with Crippen LogP contribution in [0.2, 0.25) is 0 Å². The van der Waals surface area contributed by atoms with Gasteiger partial charge in [-0.2, -0.15) is 0 Å². The third kappa shape index (κ3) is 0.910. The molecule has 118 valence electrons. The summed E-state index contributed by atoms with van der Waals surface area (Å²) < 4.78 is 6.07. The minimum atomic E-state index is -0.600. The lowest BCUT2D eigenvalue weighted by Gasteiger charge is -2.60. The van der Waals surface area contributed by atoms with Crippen molar-refractivity contribution < 1.29 is 14.3 Å². The zero-order valence-electron chi connectivity index (χ0n) is 13.6. The van der Waals surface area contributed by atoms with Crippen molar-refractivity contribution in [2.75, 3.05) is 0 Å². The lowest BCUT2D eigenvalue weighted by atomic mass is 9.41. The molecular weight excluding hydrogens is 276 g/mol. The van der Waals surface area contributed by atoms with Gasteiger partial charge in [-0.25, -0.2) is 0 Å². The van der Waals surface area contributed by atoms with Crippen molar-refractivity contribution in [3.8, 4) is 0 Å². The molecule has 2 unspecified atom stereocenters. The monoisotopic (exact) mass is 300 g/mol. The molecule has 1 aliphatic heterocycles. The second-order valence-electron chi connectivity index (χ2n) is 9.75.